The van der Waals surface area contributed by atoms with Crippen LogP contribution in [-0.4, -0.2) is 24.1 Å². The van der Waals surface area contributed by atoms with Gasteiger partial charge in [0.25, 0.3) is 5.17 Å². The van der Waals surface area contributed by atoms with Crippen LogP contribution in [0.2, 0.25) is 0 Å². The molecule has 0 saturated carbocycles. The fourth-order valence-electron chi connectivity index (χ4n) is 1.48. The fraction of sp³-hybridized carbons (Fsp3) is 0.500. The first-order chi connectivity index (χ1) is 10.4. The Bertz CT molecular complexity index is 525. The molecular weight excluding hydrogens is 339 g/mol. The second kappa shape index (κ2) is 9.40. The number of benzene rings is 1. The molecule has 0 fully saturated rings. The van der Waals surface area contributed by atoms with Crippen molar-refractivity contribution in [2.75, 3.05) is 19.0 Å². The van der Waals surface area contributed by atoms with Gasteiger partial charge in [0.05, 0.1) is 13.7 Å². The zero-order valence-electron chi connectivity index (χ0n) is 13.3. The van der Waals surface area contributed by atoms with Crippen LogP contribution in [0.15, 0.2) is 24.3 Å². The zero-order valence-corrected chi connectivity index (χ0v) is 15.8. The SMILES string of the molecule is CCOP(=N)(OC(=S)Nc1ccc(OC)cc1)SC(C)CC. The molecule has 0 spiro atoms. The highest BCUT2D eigenvalue weighted by Gasteiger charge is 2.25. The molecule has 0 radical (unpaired) electrons. The van der Waals surface area contributed by atoms with Gasteiger partial charge in [0.1, 0.15) is 5.75 Å². The highest BCUT2D eigenvalue weighted by molar-refractivity contribution is 8.55. The Hall–Kier alpha value is -0.750. The molecule has 0 heterocycles. The lowest BCUT2D eigenvalue weighted by Gasteiger charge is -2.24. The molecule has 1 aromatic carbocycles. The van der Waals surface area contributed by atoms with Crippen LogP contribution >= 0.6 is 30.3 Å². The molecule has 5 nitrogen and oxygen atoms in total. The van der Waals surface area contributed by atoms with Crippen LogP contribution in [0.3, 0.4) is 0 Å². The molecule has 0 aliphatic heterocycles. The van der Waals surface area contributed by atoms with Crippen LogP contribution < -0.4 is 10.1 Å². The predicted molar refractivity (Wildman–Crippen MR) is 98.9 cm³/mol. The quantitative estimate of drug-likeness (QED) is 0.470. The van der Waals surface area contributed by atoms with Crippen molar-refractivity contribution >= 4 is 41.2 Å². The Morgan fingerprint density at radius 1 is 1.36 bits per heavy atom. The van der Waals surface area contributed by atoms with Gasteiger partial charge in [0.2, 0.25) is 0 Å². The molecule has 1 aromatic rings. The number of methoxy groups -OCH3 is 1. The number of thiocarbonyl (C=S) groups is 1. The van der Waals surface area contributed by atoms with Crippen LogP contribution in [0.1, 0.15) is 27.2 Å². The third kappa shape index (κ3) is 6.57. The summed E-state index contributed by atoms with van der Waals surface area (Å²) in [6.07, 6.45) is 0.945. The normalized spacial score (nSPS) is 14.7. The van der Waals surface area contributed by atoms with Gasteiger partial charge in [-0.25, -0.2) is 0 Å². The zero-order chi connectivity index (χ0) is 16.6. The van der Waals surface area contributed by atoms with Crippen molar-refractivity contribution in [1.29, 1.82) is 5.16 Å². The fourth-order valence-corrected chi connectivity index (χ4v) is 6.16. The standard InChI is InChI=1S/C14H23N2O3PS2/c1-5-11(3)22-20(15,18-6-2)19-14(21)16-12-7-9-13(17-4)10-8-12/h7-11,15H,5-6H2,1-4H3,(H,16,21). The highest BCUT2D eigenvalue weighted by atomic mass is 32.7. The molecule has 0 saturated heterocycles. The predicted octanol–water partition coefficient (Wildman–Crippen LogP) is 5.50. The van der Waals surface area contributed by atoms with Gasteiger partial charge in [-0.05, 0) is 61.2 Å². The largest absolute Gasteiger partial charge is 0.497 e. The molecule has 124 valence electrons. The third-order valence-corrected chi connectivity index (χ3v) is 7.49. The maximum Gasteiger partial charge on any atom is 0.323 e. The van der Waals surface area contributed by atoms with E-state index in [2.05, 4.69) is 19.2 Å². The van der Waals surface area contributed by atoms with Crippen LogP contribution in [0.5, 0.6) is 5.75 Å². The smallest absolute Gasteiger partial charge is 0.323 e. The minimum absolute atomic E-state index is 0.151. The molecule has 1 rings (SSSR count). The molecule has 2 atom stereocenters. The molecule has 22 heavy (non-hydrogen) atoms. The van der Waals surface area contributed by atoms with E-state index in [0.29, 0.717) is 6.61 Å². The van der Waals surface area contributed by atoms with E-state index in [9.17, 15) is 0 Å². The van der Waals surface area contributed by atoms with E-state index in [1.54, 1.807) is 7.11 Å². The maximum absolute atomic E-state index is 8.40. The molecule has 8 heteroatoms. The van der Waals surface area contributed by atoms with Crippen LogP contribution in [-0.2, 0) is 9.05 Å². The van der Waals surface area contributed by atoms with Crippen molar-refractivity contribution in [3.05, 3.63) is 24.3 Å². The van der Waals surface area contributed by atoms with Crippen molar-refractivity contribution < 1.29 is 13.8 Å². The van der Waals surface area contributed by atoms with E-state index in [4.69, 9.17) is 31.2 Å². The molecule has 0 aliphatic carbocycles. The van der Waals surface area contributed by atoms with Crippen molar-refractivity contribution in [1.82, 2.24) is 0 Å². The Morgan fingerprint density at radius 2 is 2.00 bits per heavy atom. The van der Waals surface area contributed by atoms with E-state index >= 15 is 0 Å². The Balaban J connectivity index is 2.67. The molecule has 0 amide bonds. The summed E-state index contributed by atoms with van der Waals surface area (Å²) in [4.78, 5) is 0. The van der Waals surface area contributed by atoms with Gasteiger partial charge in [-0.3, -0.25) is 5.16 Å². The van der Waals surface area contributed by atoms with E-state index in [0.717, 1.165) is 17.9 Å². The van der Waals surface area contributed by atoms with Gasteiger partial charge < -0.3 is 19.1 Å². The molecule has 2 unspecified atom stereocenters. The number of hydrogen-bond donors (Lipinski definition) is 2. The van der Waals surface area contributed by atoms with Gasteiger partial charge in [-0.15, -0.1) is 0 Å². The Morgan fingerprint density at radius 3 is 2.50 bits per heavy atom. The average molecular weight is 362 g/mol. The lowest BCUT2D eigenvalue weighted by Crippen LogP contribution is -2.12. The van der Waals surface area contributed by atoms with E-state index < -0.39 is 6.71 Å². The summed E-state index contributed by atoms with van der Waals surface area (Å²) < 4.78 is 16.2. The first-order valence-corrected chi connectivity index (χ1v) is 10.6. The second-order valence-electron chi connectivity index (χ2n) is 4.47. The minimum Gasteiger partial charge on any atom is -0.497 e. The number of hydrogen-bond acceptors (Lipinski definition) is 6. The van der Waals surface area contributed by atoms with Crippen molar-refractivity contribution in [3.63, 3.8) is 0 Å². The summed E-state index contributed by atoms with van der Waals surface area (Å²) in [6.45, 7) is 3.58. The lowest BCUT2D eigenvalue weighted by molar-refractivity contribution is 0.334. The van der Waals surface area contributed by atoms with E-state index in [1.807, 2.05) is 31.2 Å². The lowest BCUT2D eigenvalue weighted by atomic mass is 10.3. The van der Waals surface area contributed by atoms with Gasteiger partial charge >= 0.3 is 6.71 Å². The minimum atomic E-state index is -2.81. The van der Waals surface area contributed by atoms with Crippen molar-refractivity contribution in [2.45, 2.75) is 32.4 Å². The van der Waals surface area contributed by atoms with E-state index in [1.165, 1.54) is 11.4 Å². The number of ether oxygens (including phenoxy) is 1. The molecule has 2 N–H and O–H groups in total. The number of rotatable bonds is 8. The molecule has 0 bridgehead atoms. The third-order valence-electron chi connectivity index (χ3n) is 2.73. The van der Waals surface area contributed by atoms with Crippen LogP contribution in [0, 0.1) is 5.16 Å². The van der Waals surface area contributed by atoms with Crippen LogP contribution in [0.25, 0.3) is 0 Å². The topological polar surface area (TPSA) is 63.6 Å². The molecule has 0 aromatic heterocycles. The summed E-state index contributed by atoms with van der Waals surface area (Å²) in [5, 5.41) is 11.8. The molecule has 0 aliphatic rings. The summed E-state index contributed by atoms with van der Waals surface area (Å²) in [7, 11) is 1.61. The Labute approximate surface area is 141 Å². The average Bonchev–Trinajstić information content (AvgIpc) is 2.47. The van der Waals surface area contributed by atoms with Gasteiger partial charge in [-0.1, -0.05) is 13.8 Å². The Kier molecular flexibility index (Phi) is 8.25. The van der Waals surface area contributed by atoms with Gasteiger partial charge in [0.15, 0.2) is 0 Å². The number of nitrogens with one attached hydrogen (secondary N) is 2. The first kappa shape index (κ1) is 19.3. The second-order valence-corrected chi connectivity index (χ2v) is 9.37. The van der Waals surface area contributed by atoms with Crippen molar-refractivity contribution in [2.24, 2.45) is 0 Å². The first-order valence-electron chi connectivity index (χ1n) is 7.04. The monoisotopic (exact) mass is 362 g/mol. The summed E-state index contributed by atoms with van der Waals surface area (Å²) in [5.74, 6) is 0.765. The highest BCUT2D eigenvalue weighted by Crippen LogP contribution is 2.63. The van der Waals surface area contributed by atoms with E-state index in [-0.39, 0.29) is 10.4 Å². The van der Waals surface area contributed by atoms with Crippen LogP contribution in [0.4, 0.5) is 5.69 Å². The van der Waals surface area contributed by atoms with Gasteiger partial charge in [-0.2, -0.15) is 0 Å². The summed E-state index contributed by atoms with van der Waals surface area (Å²) in [6, 6.07) is 7.32. The van der Waals surface area contributed by atoms with Gasteiger partial charge in [0, 0.05) is 10.9 Å². The van der Waals surface area contributed by atoms with Crippen molar-refractivity contribution in [3.8, 4) is 5.75 Å². The summed E-state index contributed by atoms with van der Waals surface area (Å²) in [5.41, 5.74) is 0.780. The summed E-state index contributed by atoms with van der Waals surface area (Å²) >= 11 is 6.60. The number of anilines is 1. The molecular formula is C14H23N2O3PS2. The maximum atomic E-state index is 8.40.